The van der Waals surface area contributed by atoms with Crippen LogP contribution in [0, 0.1) is 0 Å². The highest BCUT2D eigenvalue weighted by molar-refractivity contribution is 5.96. The van der Waals surface area contributed by atoms with Gasteiger partial charge in [0.1, 0.15) is 17.3 Å². The lowest BCUT2D eigenvalue weighted by molar-refractivity contribution is 0.271. The smallest absolute Gasteiger partial charge is 0.137 e. The fraction of sp³-hybridized carbons (Fsp3) is 0.348. The Balaban J connectivity index is 1.79. The van der Waals surface area contributed by atoms with E-state index in [0.717, 1.165) is 66.7 Å². The molecular weight excluding hydrogens is 350 g/mol. The predicted molar refractivity (Wildman–Crippen MR) is 115 cm³/mol. The first-order chi connectivity index (χ1) is 13.7. The SMILES string of the molecule is CCN1CCN(c2nc(-c3ccc(OC)cc3)cc3cc(OC)ccc23)CC1. The molecular formula is C23H27N3O2. The van der Waals surface area contributed by atoms with E-state index in [4.69, 9.17) is 14.5 Å². The second-order valence-electron chi connectivity index (χ2n) is 7.07. The lowest BCUT2D eigenvalue weighted by atomic mass is 10.1. The van der Waals surface area contributed by atoms with E-state index in [2.05, 4.69) is 47.1 Å². The molecule has 2 heterocycles. The first-order valence-electron chi connectivity index (χ1n) is 9.82. The van der Waals surface area contributed by atoms with E-state index in [1.54, 1.807) is 14.2 Å². The number of rotatable bonds is 5. The molecule has 0 saturated carbocycles. The molecule has 0 atom stereocenters. The van der Waals surface area contributed by atoms with Crippen LogP contribution in [0.1, 0.15) is 6.92 Å². The third kappa shape index (κ3) is 3.62. The van der Waals surface area contributed by atoms with Gasteiger partial charge in [0, 0.05) is 37.1 Å². The van der Waals surface area contributed by atoms with Gasteiger partial charge in [0.2, 0.25) is 0 Å². The molecule has 0 amide bonds. The average molecular weight is 377 g/mol. The van der Waals surface area contributed by atoms with E-state index in [9.17, 15) is 0 Å². The standard InChI is InChI=1S/C23H27N3O2/c1-4-25-11-13-26(14-12-25)23-21-10-9-20(28-3)15-18(21)16-22(24-23)17-5-7-19(27-2)8-6-17/h5-10,15-16H,4,11-14H2,1-3H3. The first-order valence-corrected chi connectivity index (χ1v) is 9.82. The highest BCUT2D eigenvalue weighted by Gasteiger charge is 2.20. The topological polar surface area (TPSA) is 37.8 Å². The van der Waals surface area contributed by atoms with E-state index in [1.165, 1.54) is 5.39 Å². The number of fused-ring (bicyclic) bond motifs is 1. The van der Waals surface area contributed by atoms with E-state index in [0.29, 0.717) is 0 Å². The molecule has 0 unspecified atom stereocenters. The number of likely N-dealkylation sites (N-methyl/N-ethyl adjacent to an activating group) is 1. The number of ether oxygens (including phenoxy) is 2. The van der Waals surface area contributed by atoms with Crippen LogP contribution in [-0.4, -0.2) is 56.8 Å². The predicted octanol–water partition coefficient (Wildman–Crippen LogP) is 4.06. The van der Waals surface area contributed by atoms with Gasteiger partial charge in [0.15, 0.2) is 0 Å². The van der Waals surface area contributed by atoms with Gasteiger partial charge in [-0.1, -0.05) is 6.92 Å². The fourth-order valence-electron chi connectivity index (χ4n) is 3.77. The summed E-state index contributed by atoms with van der Waals surface area (Å²) in [6.45, 7) is 7.46. The van der Waals surface area contributed by atoms with Gasteiger partial charge in [-0.2, -0.15) is 0 Å². The van der Waals surface area contributed by atoms with Gasteiger partial charge >= 0.3 is 0 Å². The Morgan fingerprint density at radius 3 is 2.18 bits per heavy atom. The summed E-state index contributed by atoms with van der Waals surface area (Å²) in [5, 5.41) is 2.32. The molecule has 28 heavy (non-hydrogen) atoms. The van der Waals surface area contributed by atoms with E-state index >= 15 is 0 Å². The van der Waals surface area contributed by atoms with Crippen molar-refractivity contribution < 1.29 is 9.47 Å². The second-order valence-corrected chi connectivity index (χ2v) is 7.07. The molecule has 1 aliphatic heterocycles. The summed E-state index contributed by atoms with van der Waals surface area (Å²) in [6, 6.07) is 16.5. The Morgan fingerprint density at radius 1 is 0.857 bits per heavy atom. The zero-order valence-electron chi connectivity index (χ0n) is 16.8. The van der Waals surface area contributed by atoms with Crippen molar-refractivity contribution in [2.24, 2.45) is 0 Å². The number of piperazine rings is 1. The van der Waals surface area contributed by atoms with Gasteiger partial charge in [0.25, 0.3) is 0 Å². The number of benzene rings is 2. The molecule has 1 aliphatic rings. The molecule has 0 aliphatic carbocycles. The maximum Gasteiger partial charge on any atom is 0.137 e. The summed E-state index contributed by atoms with van der Waals surface area (Å²) in [4.78, 5) is 9.97. The summed E-state index contributed by atoms with van der Waals surface area (Å²) in [5.41, 5.74) is 2.05. The van der Waals surface area contributed by atoms with Crippen LogP contribution in [0.3, 0.4) is 0 Å². The molecule has 0 N–H and O–H groups in total. The summed E-state index contributed by atoms with van der Waals surface area (Å²) < 4.78 is 10.8. The summed E-state index contributed by atoms with van der Waals surface area (Å²) >= 11 is 0. The Morgan fingerprint density at radius 2 is 1.54 bits per heavy atom. The van der Waals surface area contributed by atoms with Crippen LogP contribution in [0.15, 0.2) is 48.5 Å². The largest absolute Gasteiger partial charge is 0.497 e. The van der Waals surface area contributed by atoms with Crippen LogP contribution in [0.4, 0.5) is 5.82 Å². The van der Waals surface area contributed by atoms with Crippen molar-refractivity contribution in [2.45, 2.75) is 6.92 Å². The molecule has 1 fully saturated rings. The van der Waals surface area contributed by atoms with Gasteiger partial charge in [-0.3, -0.25) is 0 Å². The minimum absolute atomic E-state index is 0.849. The number of hydrogen-bond acceptors (Lipinski definition) is 5. The number of pyridine rings is 1. The van der Waals surface area contributed by atoms with Crippen molar-refractivity contribution in [3.8, 4) is 22.8 Å². The summed E-state index contributed by atoms with van der Waals surface area (Å²) in [5.74, 6) is 2.77. The van der Waals surface area contributed by atoms with Crippen molar-refractivity contribution in [1.29, 1.82) is 0 Å². The van der Waals surface area contributed by atoms with Gasteiger partial charge in [0.05, 0.1) is 19.9 Å². The molecule has 1 saturated heterocycles. The minimum atomic E-state index is 0.849. The number of anilines is 1. The lowest BCUT2D eigenvalue weighted by Gasteiger charge is -2.35. The van der Waals surface area contributed by atoms with Crippen LogP contribution in [0.5, 0.6) is 11.5 Å². The molecule has 4 rings (SSSR count). The van der Waals surface area contributed by atoms with Crippen molar-refractivity contribution in [3.05, 3.63) is 48.5 Å². The van der Waals surface area contributed by atoms with Gasteiger partial charge in [-0.15, -0.1) is 0 Å². The third-order valence-electron chi connectivity index (χ3n) is 5.52. The summed E-state index contributed by atoms with van der Waals surface area (Å²) in [7, 11) is 3.39. The van der Waals surface area contributed by atoms with Crippen molar-refractivity contribution in [2.75, 3.05) is 51.8 Å². The summed E-state index contributed by atoms with van der Waals surface area (Å²) in [6.07, 6.45) is 0. The molecule has 1 aromatic heterocycles. The highest BCUT2D eigenvalue weighted by atomic mass is 16.5. The van der Waals surface area contributed by atoms with Gasteiger partial charge < -0.3 is 19.3 Å². The van der Waals surface area contributed by atoms with E-state index < -0.39 is 0 Å². The molecule has 2 aromatic carbocycles. The number of nitrogens with zero attached hydrogens (tertiary/aromatic N) is 3. The van der Waals surface area contributed by atoms with Gasteiger partial charge in [-0.25, -0.2) is 4.98 Å². The second kappa shape index (κ2) is 8.07. The highest BCUT2D eigenvalue weighted by Crippen LogP contribution is 2.33. The minimum Gasteiger partial charge on any atom is -0.497 e. The zero-order valence-corrected chi connectivity index (χ0v) is 16.8. The molecule has 3 aromatic rings. The number of aromatic nitrogens is 1. The normalized spacial score (nSPS) is 15.0. The van der Waals surface area contributed by atoms with Crippen LogP contribution in [0.2, 0.25) is 0 Å². The Bertz CT molecular complexity index is 948. The maximum atomic E-state index is 5.45. The Hall–Kier alpha value is -2.79. The quantitative estimate of drug-likeness (QED) is 0.670. The molecule has 146 valence electrons. The van der Waals surface area contributed by atoms with Crippen LogP contribution in [-0.2, 0) is 0 Å². The van der Waals surface area contributed by atoms with Gasteiger partial charge in [-0.05, 0) is 60.5 Å². The van der Waals surface area contributed by atoms with Crippen molar-refractivity contribution in [3.63, 3.8) is 0 Å². The molecule has 0 spiro atoms. The van der Waals surface area contributed by atoms with E-state index in [1.807, 2.05) is 18.2 Å². The molecule has 0 bridgehead atoms. The Labute approximate surface area is 166 Å². The molecule has 0 radical (unpaired) electrons. The maximum absolute atomic E-state index is 5.45. The third-order valence-corrected chi connectivity index (χ3v) is 5.52. The fourth-order valence-corrected chi connectivity index (χ4v) is 3.77. The van der Waals surface area contributed by atoms with Crippen LogP contribution >= 0.6 is 0 Å². The van der Waals surface area contributed by atoms with Crippen molar-refractivity contribution in [1.82, 2.24) is 9.88 Å². The van der Waals surface area contributed by atoms with Crippen LogP contribution in [0.25, 0.3) is 22.0 Å². The first kappa shape index (κ1) is 18.6. The lowest BCUT2D eigenvalue weighted by Crippen LogP contribution is -2.46. The molecule has 5 nitrogen and oxygen atoms in total. The number of methoxy groups -OCH3 is 2. The average Bonchev–Trinajstić information content (AvgIpc) is 2.78. The van der Waals surface area contributed by atoms with E-state index in [-0.39, 0.29) is 0 Å². The zero-order chi connectivity index (χ0) is 19.5. The van der Waals surface area contributed by atoms with Crippen molar-refractivity contribution >= 4 is 16.6 Å². The Kier molecular flexibility index (Phi) is 5.35. The number of hydrogen-bond donors (Lipinski definition) is 0. The molecule has 5 heteroatoms. The monoisotopic (exact) mass is 377 g/mol. The van der Waals surface area contributed by atoms with Crippen LogP contribution < -0.4 is 14.4 Å².